The summed E-state index contributed by atoms with van der Waals surface area (Å²) in [5, 5.41) is 0. The van der Waals surface area contributed by atoms with Gasteiger partial charge in [-0.05, 0) is 120 Å². The quantitative estimate of drug-likeness (QED) is 0.155. The van der Waals surface area contributed by atoms with E-state index in [-0.39, 0.29) is 0 Å². The minimum absolute atomic E-state index is 0.527. The van der Waals surface area contributed by atoms with Crippen molar-refractivity contribution in [2.45, 2.75) is 5.41 Å². The van der Waals surface area contributed by atoms with Crippen molar-refractivity contribution in [3.05, 3.63) is 271 Å². The Bertz CT molecular complexity index is 3280. The molecule has 1 heteroatoms. The van der Waals surface area contributed by atoms with Gasteiger partial charge in [-0.2, -0.15) is 0 Å². The molecule has 10 aromatic carbocycles. The molecule has 0 aromatic heterocycles. The molecule has 0 amide bonds. The summed E-state index contributed by atoms with van der Waals surface area (Å²) in [6.07, 6.45) is 0. The molecule has 2 aliphatic carbocycles. The maximum absolute atomic E-state index is 2.50. The maximum Gasteiger partial charge on any atom is 0.0726 e. The smallest absolute Gasteiger partial charge is 0.0726 e. The third-order valence-corrected chi connectivity index (χ3v) is 13.1. The first-order chi connectivity index (χ1) is 30.8. The number of nitrogens with zero attached hydrogens (tertiary/aromatic N) is 1. The molecule has 1 atom stereocenters. The second-order valence-electron chi connectivity index (χ2n) is 16.4. The Morgan fingerprint density at radius 1 is 0.242 bits per heavy atom. The standard InChI is InChI=1S/C61H41N/c1-4-18-42(19-5-1)44-34-37-48(38-35-44)62(49-25-16-24-46(40-49)43-20-6-2-7-21-43)59-33-17-32-57-60(59)54-29-13-15-31-56(54)61(57)55-30-14-12-28-52(55)53-39-36-47(41-58(53)61)51-27-11-10-26-50(51)45-22-8-3-9-23-45/h1-41H. The monoisotopic (exact) mass is 787 g/mol. The molecule has 290 valence electrons. The predicted molar refractivity (Wildman–Crippen MR) is 259 cm³/mol. The normalized spacial score (nSPS) is 14.2. The second kappa shape index (κ2) is 14.6. The van der Waals surface area contributed by atoms with Crippen LogP contribution in [-0.4, -0.2) is 0 Å². The lowest BCUT2D eigenvalue weighted by molar-refractivity contribution is 0.794. The third kappa shape index (κ3) is 5.56. The van der Waals surface area contributed by atoms with Gasteiger partial charge in [-0.25, -0.2) is 0 Å². The van der Waals surface area contributed by atoms with Gasteiger partial charge < -0.3 is 4.90 Å². The van der Waals surface area contributed by atoms with Crippen molar-refractivity contribution in [2.24, 2.45) is 0 Å². The zero-order valence-electron chi connectivity index (χ0n) is 34.1. The van der Waals surface area contributed by atoms with Crippen LogP contribution in [0.3, 0.4) is 0 Å². The molecule has 10 aromatic rings. The van der Waals surface area contributed by atoms with Gasteiger partial charge in [-0.1, -0.05) is 212 Å². The molecule has 0 heterocycles. The summed E-state index contributed by atoms with van der Waals surface area (Å²) in [5.41, 5.74) is 22.9. The van der Waals surface area contributed by atoms with Crippen LogP contribution in [0.1, 0.15) is 22.3 Å². The predicted octanol–water partition coefficient (Wildman–Crippen LogP) is 16.2. The van der Waals surface area contributed by atoms with Crippen LogP contribution in [0.25, 0.3) is 66.8 Å². The van der Waals surface area contributed by atoms with Crippen LogP contribution >= 0.6 is 0 Å². The summed E-state index contributed by atoms with van der Waals surface area (Å²) in [5.74, 6) is 0. The van der Waals surface area contributed by atoms with Crippen LogP contribution in [0.15, 0.2) is 249 Å². The van der Waals surface area contributed by atoms with E-state index >= 15 is 0 Å². The fourth-order valence-electron chi connectivity index (χ4n) is 10.4. The van der Waals surface area contributed by atoms with E-state index < -0.39 is 5.41 Å². The summed E-state index contributed by atoms with van der Waals surface area (Å²) >= 11 is 0. The number of fused-ring (bicyclic) bond motifs is 10. The summed E-state index contributed by atoms with van der Waals surface area (Å²) in [7, 11) is 0. The zero-order valence-corrected chi connectivity index (χ0v) is 34.1. The highest BCUT2D eigenvalue weighted by atomic mass is 15.1. The summed E-state index contributed by atoms with van der Waals surface area (Å²) in [6, 6.07) is 91.5. The van der Waals surface area contributed by atoms with Gasteiger partial charge in [0.15, 0.2) is 0 Å². The molecule has 0 bridgehead atoms. The first-order valence-electron chi connectivity index (χ1n) is 21.5. The molecule has 0 aliphatic heterocycles. The summed E-state index contributed by atoms with van der Waals surface area (Å²) in [4.78, 5) is 2.48. The van der Waals surface area contributed by atoms with E-state index in [1.165, 1.54) is 89.0 Å². The number of rotatable bonds is 7. The van der Waals surface area contributed by atoms with Crippen molar-refractivity contribution in [3.63, 3.8) is 0 Å². The lowest BCUT2D eigenvalue weighted by atomic mass is 9.70. The lowest BCUT2D eigenvalue weighted by Gasteiger charge is -2.32. The molecule has 1 nitrogen and oxygen atoms in total. The van der Waals surface area contributed by atoms with Crippen molar-refractivity contribution in [1.29, 1.82) is 0 Å². The highest BCUT2D eigenvalue weighted by Gasteiger charge is 2.52. The Morgan fingerprint density at radius 3 is 1.40 bits per heavy atom. The van der Waals surface area contributed by atoms with Crippen LogP contribution in [0.2, 0.25) is 0 Å². The first kappa shape index (κ1) is 35.9. The average molecular weight is 788 g/mol. The molecule has 12 rings (SSSR count). The van der Waals surface area contributed by atoms with Crippen molar-refractivity contribution in [3.8, 4) is 66.8 Å². The van der Waals surface area contributed by atoms with Crippen LogP contribution in [-0.2, 0) is 5.41 Å². The molecule has 1 unspecified atom stereocenters. The Balaban J connectivity index is 1.11. The maximum atomic E-state index is 2.50. The molecule has 0 saturated carbocycles. The van der Waals surface area contributed by atoms with Crippen LogP contribution < -0.4 is 4.90 Å². The van der Waals surface area contributed by atoms with Crippen LogP contribution in [0.4, 0.5) is 17.1 Å². The van der Waals surface area contributed by atoms with Crippen molar-refractivity contribution < 1.29 is 0 Å². The molecule has 0 fully saturated rings. The van der Waals surface area contributed by atoms with E-state index in [4.69, 9.17) is 0 Å². The fraction of sp³-hybridized carbons (Fsp3) is 0.0164. The number of anilines is 3. The molecular weight excluding hydrogens is 747 g/mol. The highest BCUT2D eigenvalue weighted by Crippen LogP contribution is 2.65. The molecule has 62 heavy (non-hydrogen) atoms. The highest BCUT2D eigenvalue weighted by molar-refractivity contribution is 6.02. The van der Waals surface area contributed by atoms with Crippen LogP contribution in [0, 0.1) is 0 Å². The van der Waals surface area contributed by atoms with E-state index in [9.17, 15) is 0 Å². The van der Waals surface area contributed by atoms with Gasteiger partial charge >= 0.3 is 0 Å². The topological polar surface area (TPSA) is 3.24 Å². The Hall–Kier alpha value is -8.00. The van der Waals surface area contributed by atoms with Crippen molar-refractivity contribution in [1.82, 2.24) is 0 Å². The number of hydrogen-bond acceptors (Lipinski definition) is 1. The van der Waals surface area contributed by atoms with Crippen molar-refractivity contribution >= 4 is 17.1 Å². The van der Waals surface area contributed by atoms with E-state index in [0.717, 1.165) is 17.1 Å². The first-order valence-corrected chi connectivity index (χ1v) is 21.5. The van der Waals surface area contributed by atoms with Gasteiger partial charge in [-0.3, -0.25) is 0 Å². The minimum atomic E-state index is -0.527. The SMILES string of the molecule is c1ccc(-c2ccc(N(c3cccc(-c4ccccc4)c3)c3cccc4c3-c3ccccc3C43c4ccccc4-c4ccc(-c5ccccc5-c5ccccc5)cc43)cc2)cc1. The molecule has 0 radical (unpaired) electrons. The molecule has 2 aliphatic rings. The largest absolute Gasteiger partial charge is 0.310 e. The Labute approximate surface area is 363 Å². The summed E-state index contributed by atoms with van der Waals surface area (Å²) < 4.78 is 0. The van der Waals surface area contributed by atoms with Gasteiger partial charge in [0.2, 0.25) is 0 Å². The fourth-order valence-corrected chi connectivity index (χ4v) is 10.4. The zero-order chi connectivity index (χ0) is 41.0. The Morgan fingerprint density at radius 2 is 0.710 bits per heavy atom. The van der Waals surface area contributed by atoms with Gasteiger partial charge in [-0.15, -0.1) is 0 Å². The van der Waals surface area contributed by atoms with E-state index in [1.54, 1.807) is 0 Å². The molecular formula is C61H41N. The van der Waals surface area contributed by atoms with E-state index in [2.05, 4.69) is 254 Å². The van der Waals surface area contributed by atoms with Gasteiger partial charge in [0, 0.05) is 16.9 Å². The molecule has 1 spiro atoms. The number of benzene rings is 10. The number of hydrogen-bond donors (Lipinski definition) is 0. The lowest BCUT2D eigenvalue weighted by Crippen LogP contribution is -2.26. The van der Waals surface area contributed by atoms with Crippen molar-refractivity contribution in [2.75, 3.05) is 4.90 Å². The van der Waals surface area contributed by atoms with Gasteiger partial charge in [0.05, 0.1) is 11.1 Å². The van der Waals surface area contributed by atoms with Gasteiger partial charge in [0.1, 0.15) is 0 Å². The van der Waals surface area contributed by atoms with E-state index in [1.807, 2.05) is 0 Å². The summed E-state index contributed by atoms with van der Waals surface area (Å²) in [6.45, 7) is 0. The molecule has 0 N–H and O–H groups in total. The Kier molecular flexibility index (Phi) is 8.47. The van der Waals surface area contributed by atoms with E-state index in [0.29, 0.717) is 0 Å². The third-order valence-electron chi connectivity index (χ3n) is 13.1. The minimum Gasteiger partial charge on any atom is -0.310 e. The van der Waals surface area contributed by atoms with Crippen LogP contribution in [0.5, 0.6) is 0 Å². The molecule has 0 saturated heterocycles. The second-order valence-corrected chi connectivity index (χ2v) is 16.4. The average Bonchev–Trinajstić information content (AvgIpc) is 3.83. The van der Waals surface area contributed by atoms with Gasteiger partial charge in [0.25, 0.3) is 0 Å².